The normalized spacial score (nSPS) is 17.9. The van der Waals surface area contributed by atoms with Crippen molar-refractivity contribution in [2.45, 2.75) is 25.9 Å². The molecule has 4 rings (SSSR count). The Bertz CT molecular complexity index is 1140. The van der Waals surface area contributed by atoms with Gasteiger partial charge in [-0.25, -0.2) is 8.78 Å². The van der Waals surface area contributed by atoms with Gasteiger partial charge in [0.2, 0.25) is 5.82 Å². The fourth-order valence-electron chi connectivity index (χ4n) is 4.01. The van der Waals surface area contributed by atoms with Gasteiger partial charge in [0.1, 0.15) is 0 Å². The van der Waals surface area contributed by atoms with Crippen LogP contribution in [0.3, 0.4) is 0 Å². The van der Waals surface area contributed by atoms with Crippen LogP contribution in [0, 0.1) is 23.4 Å². The second-order valence-electron chi connectivity index (χ2n) is 8.26. The maximum Gasteiger partial charge on any atom is 0.201 e. The van der Waals surface area contributed by atoms with Gasteiger partial charge in [-0.2, -0.15) is 4.39 Å². The number of rotatable bonds is 8. The Morgan fingerprint density at radius 1 is 0.882 bits per heavy atom. The lowest BCUT2D eigenvalue weighted by atomic mass is 9.99. The van der Waals surface area contributed by atoms with Gasteiger partial charge in [-0.05, 0) is 60.7 Å². The van der Waals surface area contributed by atoms with E-state index in [-0.39, 0.29) is 35.7 Å². The van der Waals surface area contributed by atoms with E-state index in [1.807, 2.05) is 0 Å². The van der Waals surface area contributed by atoms with Crippen LogP contribution in [0.1, 0.15) is 19.8 Å². The third-order valence-corrected chi connectivity index (χ3v) is 5.95. The van der Waals surface area contributed by atoms with E-state index >= 15 is 0 Å². The summed E-state index contributed by atoms with van der Waals surface area (Å²) in [6, 6.07) is 14.5. The number of ether oxygens (including phenoxy) is 3. The smallest absolute Gasteiger partial charge is 0.201 e. The molecule has 34 heavy (non-hydrogen) atoms. The van der Waals surface area contributed by atoms with Crippen LogP contribution in [0.2, 0.25) is 0 Å². The fraction of sp³-hybridized carbons (Fsp3) is 0.286. The van der Waals surface area contributed by atoms with Crippen LogP contribution < -0.4 is 9.47 Å². The second-order valence-corrected chi connectivity index (χ2v) is 8.26. The molecule has 0 bridgehead atoms. The SMILES string of the molecule is C=CC1CCC(COc2ccc(-c3ccc(-c4ccc(OCC)c(F)c4F)cc3)cc2F)CO1. The average molecular weight is 469 g/mol. The quantitative estimate of drug-likeness (QED) is 0.327. The van der Waals surface area contributed by atoms with Gasteiger partial charge in [0.15, 0.2) is 23.1 Å². The Kier molecular flexibility index (Phi) is 7.58. The highest BCUT2D eigenvalue weighted by molar-refractivity contribution is 5.71. The molecule has 0 aromatic heterocycles. The van der Waals surface area contributed by atoms with Gasteiger partial charge < -0.3 is 14.2 Å². The Morgan fingerprint density at radius 3 is 2.24 bits per heavy atom. The molecule has 0 aliphatic carbocycles. The third kappa shape index (κ3) is 5.28. The molecule has 0 N–H and O–H groups in total. The van der Waals surface area contributed by atoms with Crippen molar-refractivity contribution >= 4 is 0 Å². The zero-order chi connectivity index (χ0) is 24.1. The summed E-state index contributed by atoms with van der Waals surface area (Å²) in [5, 5.41) is 0. The van der Waals surface area contributed by atoms with Crippen molar-refractivity contribution < 1.29 is 27.4 Å². The molecule has 3 aromatic carbocycles. The Balaban J connectivity index is 1.43. The van der Waals surface area contributed by atoms with Crippen LogP contribution in [0.25, 0.3) is 22.3 Å². The van der Waals surface area contributed by atoms with E-state index in [1.54, 1.807) is 49.4 Å². The standard InChI is InChI=1S/C28H27F3O3/c1-3-22-11-5-18(16-33-22)17-34-25-13-10-21(15-24(25)29)19-6-8-20(9-7-19)23-12-14-26(32-4-2)28(31)27(23)30/h3,6-10,12-15,18,22H,1,4-5,11,16-17H2,2H3. The minimum absolute atomic E-state index is 0.0867. The van der Waals surface area contributed by atoms with Gasteiger partial charge in [-0.1, -0.05) is 36.4 Å². The maximum atomic E-state index is 14.7. The largest absolute Gasteiger partial charge is 0.491 e. The van der Waals surface area contributed by atoms with Crippen molar-refractivity contribution in [3.05, 3.63) is 84.7 Å². The highest BCUT2D eigenvalue weighted by atomic mass is 19.2. The van der Waals surface area contributed by atoms with Gasteiger partial charge in [0, 0.05) is 11.5 Å². The summed E-state index contributed by atoms with van der Waals surface area (Å²) in [6.07, 6.45) is 3.72. The van der Waals surface area contributed by atoms with Crippen molar-refractivity contribution in [1.82, 2.24) is 0 Å². The van der Waals surface area contributed by atoms with Crippen molar-refractivity contribution in [1.29, 1.82) is 0 Å². The first kappa shape index (κ1) is 23.9. The van der Waals surface area contributed by atoms with Crippen molar-refractivity contribution in [3.8, 4) is 33.8 Å². The van der Waals surface area contributed by atoms with Gasteiger partial charge in [0.05, 0.1) is 25.9 Å². The van der Waals surface area contributed by atoms with Crippen molar-refractivity contribution in [2.75, 3.05) is 19.8 Å². The van der Waals surface area contributed by atoms with E-state index in [2.05, 4.69) is 6.58 Å². The van der Waals surface area contributed by atoms with Crippen LogP contribution in [0.15, 0.2) is 67.3 Å². The number of halogens is 3. The highest BCUT2D eigenvalue weighted by Gasteiger charge is 2.21. The summed E-state index contributed by atoms with van der Waals surface area (Å²) in [4.78, 5) is 0. The van der Waals surface area contributed by atoms with Crippen LogP contribution in [0.5, 0.6) is 11.5 Å². The Hall–Kier alpha value is -3.25. The van der Waals surface area contributed by atoms with Crippen molar-refractivity contribution in [2.24, 2.45) is 5.92 Å². The van der Waals surface area contributed by atoms with Gasteiger partial charge in [-0.15, -0.1) is 6.58 Å². The van der Waals surface area contributed by atoms with E-state index in [4.69, 9.17) is 14.2 Å². The van der Waals surface area contributed by atoms with Gasteiger partial charge >= 0.3 is 0 Å². The second kappa shape index (κ2) is 10.8. The summed E-state index contributed by atoms with van der Waals surface area (Å²) < 4.78 is 59.9. The zero-order valence-corrected chi connectivity index (χ0v) is 19.0. The molecule has 3 aromatic rings. The molecule has 178 valence electrons. The molecule has 0 radical (unpaired) electrons. The molecule has 6 heteroatoms. The predicted molar refractivity (Wildman–Crippen MR) is 127 cm³/mol. The van der Waals surface area contributed by atoms with E-state index in [0.717, 1.165) is 18.4 Å². The molecule has 3 nitrogen and oxygen atoms in total. The lowest BCUT2D eigenvalue weighted by molar-refractivity contribution is -0.00324. The summed E-state index contributed by atoms with van der Waals surface area (Å²) in [5.74, 6) is -2.14. The minimum Gasteiger partial charge on any atom is -0.491 e. The van der Waals surface area contributed by atoms with Crippen LogP contribution in [-0.2, 0) is 4.74 Å². The molecule has 2 atom stereocenters. The van der Waals surface area contributed by atoms with Gasteiger partial charge in [-0.3, -0.25) is 0 Å². The molecule has 1 fully saturated rings. The average Bonchev–Trinajstić information content (AvgIpc) is 2.87. The zero-order valence-electron chi connectivity index (χ0n) is 19.0. The van der Waals surface area contributed by atoms with Gasteiger partial charge in [0.25, 0.3) is 0 Å². The van der Waals surface area contributed by atoms with E-state index in [1.165, 1.54) is 18.2 Å². The molecule has 1 aliphatic rings. The Morgan fingerprint density at radius 2 is 1.59 bits per heavy atom. The fourth-order valence-corrected chi connectivity index (χ4v) is 4.01. The summed E-state index contributed by atoms with van der Waals surface area (Å²) >= 11 is 0. The van der Waals surface area contributed by atoms with E-state index < -0.39 is 17.5 Å². The third-order valence-electron chi connectivity index (χ3n) is 5.95. The lowest BCUT2D eigenvalue weighted by Gasteiger charge is -2.27. The molecule has 0 saturated carbocycles. The van der Waals surface area contributed by atoms with Crippen molar-refractivity contribution in [3.63, 3.8) is 0 Å². The molecule has 0 spiro atoms. The summed E-state index contributed by atoms with van der Waals surface area (Å²) in [5.41, 5.74) is 2.05. The van der Waals surface area contributed by atoms with Crippen LogP contribution in [-0.4, -0.2) is 25.9 Å². The van der Waals surface area contributed by atoms with Crippen LogP contribution in [0.4, 0.5) is 13.2 Å². The monoisotopic (exact) mass is 468 g/mol. The predicted octanol–water partition coefficient (Wildman–Crippen LogP) is 7.20. The summed E-state index contributed by atoms with van der Waals surface area (Å²) in [6.45, 7) is 6.65. The first-order chi connectivity index (χ1) is 16.5. The molecule has 1 aliphatic heterocycles. The maximum absolute atomic E-state index is 14.7. The highest BCUT2D eigenvalue weighted by Crippen LogP contribution is 2.32. The summed E-state index contributed by atoms with van der Waals surface area (Å²) in [7, 11) is 0. The first-order valence-electron chi connectivity index (χ1n) is 11.4. The Labute approximate surface area is 197 Å². The van der Waals surface area contributed by atoms with E-state index in [0.29, 0.717) is 24.3 Å². The van der Waals surface area contributed by atoms with Crippen LogP contribution >= 0.6 is 0 Å². The number of benzene rings is 3. The number of hydrogen-bond donors (Lipinski definition) is 0. The molecule has 1 heterocycles. The van der Waals surface area contributed by atoms with E-state index in [9.17, 15) is 13.2 Å². The molecule has 0 amide bonds. The lowest BCUT2D eigenvalue weighted by Crippen LogP contribution is -2.28. The minimum atomic E-state index is -1.01. The topological polar surface area (TPSA) is 27.7 Å². The first-order valence-corrected chi connectivity index (χ1v) is 11.4. The molecule has 1 saturated heterocycles. The molecule has 2 unspecified atom stereocenters. The number of hydrogen-bond acceptors (Lipinski definition) is 3. The molecular formula is C28H27F3O3. The molecular weight excluding hydrogens is 441 g/mol.